The smallest absolute Gasteiger partial charge is 0.407 e. The van der Waals surface area contributed by atoms with Gasteiger partial charge in [-0.2, -0.15) is 0 Å². The summed E-state index contributed by atoms with van der Waals surface area (Å²) < 4.78 is 5.71. The number of hydrogen-bond donors (Lipinski definition) is 2. The zero-order chi connectivity index (χ0) is 24.4. The second-order valence-corrected chi connectivity index (χ2v) is 9.99. The van der Waals surface area contributed by atoms with Crippen LogP contribution < -0.4 is 5.32 Å². The van der Waals surface area contributed by atoms with Crippen molar-refractivity contribution in [3.8, 4) is 11.1 Å². The van der Waals surface area contributed by atoms with Gasteiger partial charge in [-0.25, -0.2) is 4.79 Å². The highest BCUT2D eigenvalue weighted by molar-refractivity contribution is 5.80. The number of amides is 2. The first kappa shape index (κ1) is 23.4. The summed E-state index contributed by atoms with van der Waals surface area (Å²) in [5.41, 5.74) is 4.67. The van der Waals surface area contributed by atoms with Gasteiger partial charge in [0.05, 0.1) is 5.92 Å². The van der Waals surface area contributed by atoms with Gasteiger partial charge in [0.2, 0.25) is 5.91 Å². The Morgan fingerprint density at radius 1 is 0.971 bits per heavy atom. The zero-order valence-corrected chi connectivity index (χ0v) is 19.8. The SMILES string of the molecule is O=C(NC(CC(=O)N1CCC[C@H](C(=O)O)C1)C1CCC1)OCC1c2ccccc2-c2ccccc21. The molecule has 2 aromatic carbocycles. The highest BCUT2D eigenvalue weighted by Crippen LogP contribution is 2.44. The summed E-state index contributed by atoms with van der Waals surface area (Å²) in [6, 6.07) is 16.1. The van der Waals surface area contributed by atoms with Crippen molar-refractivity contribution in [2.45, 2.75) is 50.5 Å². The molecule has 2 fully saturated rings. The second-order valence-electron chi connectivity index (χ2n) is 9.99. The molecule has 1 aliphatic heterocycles. The largest absolute Gasteiger partial charge is 0.481 e. The van der Waals surface area contributed by atoms with E-state index in [1.807, 2.05) is 24.3 Å². The van der Waals surface area contributed by atoms with Crippen LogP contribution in [0.15, 0.2) is 48.5 Å². The summed E-state index contributed by atoms with van der Waals surface area (Å²) in [6.07, 6.45) is 4.00. The first-order valence-corrected chi connectivity index (χ1v) is 12.6. The lowest BCUT2D eigenvalue weighted by Gasteiger charge is -2.36. The Morgan fingerprint density at radius 2 is 1.63 bits per heavy atom. The number of fused-ring (bicyclic) bond motifs is 3. The predicted octanol–water partition coefficient (Wildman–Crippen LogP) is 4.41. The lowest BCUT2D eigenvalue weighted by atomic mass is 9.78. The van der Waals surface area contributed by atoms with E-state index in [4.69, 9.17) is 4.74 Å². The van der Waals surface area contributed by atoms with Gasteiger partial charge in [-0.3, -0.25) is 9.59 Å². The number of ether oxygens (including phenoxy) is 1. The van der Waals surface area contributed by atoms with Crippen molar-refractivity contribution in [3.05, 3.63) is 59.7 Å². The number of carbonyl (C=O) groups is 3. The number of piperidine rings is 1. The summed E-state index contributed by atoms with van der Waals surface area (Å²) in [5.74, 6) is -1.22. The maximum absolute atomic E-state index is 13.0. The summed E-state index contributed by atoms with van der Waals surface area (Å²) in [7, 11) is 0. The van der Waals surface area contributed by atoms with E-state index in [0.717, 1.165) is 30.4 Å². The van der Waals surface area contributed by atoms with Crippen LogP contribution in [0.5, 0.6) is 0 Å². The third-order valence-corrected chi connectivity index (χ3v) is 7.88. The van der Waals surface area contributed by atoms with Gasteiger partial charge < -0.3 is 20.1 Å². The molecule has 2 atom stereocenters. The fourth-order valence-corrected chi connectivity index (χ4v) is 5.69. The van der Waals surface area contributed by atoms with Crippen LogP contribution in [-0.2, 0) is 14.3 Å². The fourth-order valence-electron chi connectivity index (χ4n) is 5.69. The number of rotatable bonds is 7. The molecule has 184 valence electrons. The molecule has 0 spiro atoms. The summed E-state index contributed by atoms with van der Waals surface area (Å²) in [5, 5.41) is 12.3. The van der Waals surface area contributed by atoms with Crippen molar-refractivity contribution in [1.29, 1.82) is 0 Å². The normalized spacial score (nSPS) is 20.3. The number of benzene rings is 2. The van der Waals surface area contributed by atoms with Crippen LogP contribution in [0, 0.1) is 11.8 Å². The van der Waals surface area contributed by atoms with Crippen LogP contribution in [0.2, 0.25) is 0 Å². The Balaban J connectivity index is 1.21. The van der Waals surface area contributed by atoms with E-state index in [9.17, 15) is 19.5 Å². The van der Waals surface area contributed by atoms with Crippen LogP contribution in [0.1, 0.15) is 55.6 Å². The molecule has 1 saturated heterocycles. The molecule has 1 unspecified atom stereocenters. The minimum absolute atomic E-state index is 0.0155. The van der Waals surface area contributed by atoms with Gasteiger partial charge in [0, 0.05) is 31.5 Å². The van der Waals surface area contributed by atoms with E-state index >= 15 is 0 Å². The first-order valence-electron chi connectivity index (χ1n) is 12.6. The van der Waals surface area contributed by atoms with Gasteiger partial charge in [0.15, 0.2) is 0 Å². The lowest BCUT2D eigenvalue weighted by Crippen LogP contribution is -2.49. The molecule has 5 rings (SSSR count). The molecule has 2 N–H and O–H groups in total. The van der Waals surface area contributed by atoms with Gasteiger partial charge in [-0.1, -0.05) is 55.0 Å². The van der Waals surface area contributed by atoms with Crippen molar-refractivity contribution in [2.75, 3.05) is 19.7 Å². The number of carboxylic acids is 1. The predicted molar refractivity (Wildman–Crippen MR) is 131 cm³/mol. The van der Waals surface area contributed by atoms with Crippen LogP contribution in [0.25, 0.3) is 11.1 Å². The van der Waals surface area contributed by atoms with E-state index in [-0.39, 0.29) is 43.4 Å². The zero-order valence-electron chi connectivity index (χ0n) is 19.8. The Morgan fingerprint density at radius 3 is 2.23 bits per heavy atom. The number of aliphatic carboxylic acids is 1. The van der Waals surface area contributed by atoms with Crippen LogP contribution in [0.3, 0.4) is 0 Å². The number of nitrogens with zero attached hydrogens (tertiary/aromatic N) is 1. The number of alkyl carbamates (subject to hydrolysis) is 1. The molecule has 1 saturated carbocycles. The molecule has 2 aromatic rings. The molecule has 0 bridgehead atoms. The maximum atomic E-state index is 13.0. The van der Waals surface area contributed by atoms with E-state index in [1.165, 1.54) is 11.1 Å². The second kappa shape index (κ2) is 10.1. The molecule has 7 nitrogen and oxygen atoms in total. The van der Waals surface area contributed by atoms with Crippen molar-refractivity contribution in [1.82, 2.24) is 10.2 Å². The number of carbonyl (C=O) groups excluding carboxylic acids is 2. The highest BCUT2D eigenvalue weighted by Gasteiger charge is 2.35. The summed E-state index contributed by atoms with van der Waals surface area (Å²) in [4.78, 5) is 38.9. The summed E-state index contributed by atoms with van der Waals surface area (Å²) >= 11 is 0. The molecule has 1 heterocycles. The maximum Gasteiger partial charge on any atom is 0.407 e. The standard InChI is InChI=1S/C28H32N2O5/c31-26(30-14-6-9-19(16-30)27(32)33)15-25(18-7-5-8-18)29-28(34)35-17-24-22-12-3-1-10-20(22)21-11-2-4-13-23(21)24/h1-4,10-13,18-19,24-25H,5-9,14-17H2,(H,29,34)(H,32,33)/t19-,25?/m0/s1. The Labute approximate surface area is 205 Å². The van der Waals surface area contributed by atoms with Crippen molar-refractivity contribution < 1.29 is 24.2 Å². The van der Waals surface area contributed by atoms with E-state index < -0.39 is 18.0 Å². The van der Waals surface area contributed by atoms with Crippen molar-refractivity contribution in [3.63, 3.8) is 0 Å². The average molecular weight is 477 g/mol. The fraction of sp³-hybridized carbons (Fsp3) is 0.464. The Kier molecular flexibility index (Phi) is 6.75. The quantitative estimate of drug-likeness (QED) is 0.617. The Bertz CT molecular complexity index is 1070. The minimum Gasteiger partial charge on any atom is -0.481 e. The highest BCUT2D eigenvalue weighted by atomic mass is 16.5. The monoisotopic (exact) mass is 476 g/mol. The van der Waals surface area contributed by atoms with Crippen LogP contribution in [-0.4, -0.2) is 53.7 Å². The molecule has 2 aliphatic carbocycles. The van der Waals surface area contributed by atoms with Crippen molar-refractivity contribution >= 4 is 18.0 Å². The van der Waals surface area contributed by atoms with Gasteiger partial charge in [-0.05, 0) is 53.9 Å². The average Bonchev–Trinajstić information content (AvgIpc) is 3.15. The molecule has 7 heteroatoms. The number of carboxylic acid groups (broad SMARTS) is 1. The molecule has 0 radical (unpaired) electrons. The molecule has 3 aliphatic rings. The van der Waals surface area contributed by atoms with Gasteiger partial charge in [0.1, 0.15) is 6.61 Å². The number of likely N-dealkylation sites (tertiary alicyclic amines) is 1. The van der Waals surface area contributed by atoms with E-state index in [0.29, 0.717) is 19.4 Å². The van der Waals surface area contributed by atoms with E-state index in [1.54, 1.807) is 4.90 Å². The Hall–Kier alpha value is -3.35. The van der Waals surface area contributed by atoms with E-state index in [2.05, 4.69) is 29.6 Å². The molecular formula is C28H32N2O5. The first-order chi connectivity index (χ1) is 17.0. The number of nitrogens with one attached hydrogen (secondary N) is 1. The number of hydrogen-bond acceptors (Lipinski definition) is 4. The molecule has 2 amide bonds. The van der Waals surface area contributed by atoms with Gasteiger partial charge in [0.25, 0.3) is 0 Å². The third kappa shape index (κ3) is 4.90. The lowest BCUT2D eigenvalue weighted by molar-refractivity contribution is -0.145. The van der Waals surface area contributed by atoms with Crippen molar-refractivity contribution in [2.24, 2.45) is 11.8 Å². The van der Waals surface area contributed by atoms with Gasteiger partial charge >= 0.3 is 12.1 Å². The molecular weight excluding hydrogens is 444 g/mol. The third-order valence-electron chi connectivity index (χ3n) is 7.88. The van der Waals surface area contributed by atoms with Gasteiger partial charge in [-0.15, -0.1) is 0 Å². The van der Waals surface area contributed by atoms with Crippen LogP contribution in [0.4, 0.5) is 4.79 Å². The molecule has 35 heavy (non-hydrogen) atoms. The summed E-state index contributed by atoms with van der Waals surface area (Å²) in [6.45, 7) is 1.05. The topological polar surface area (TPSA) is 95.9 Å². The minimum atomic E-state index is -0.852. The molecule has 0 aromatic heterocycles. The van der Waals surface area contributed by atoms with Crippen LogP contribution >= 0.6 is 0 Å².